The predicted octanol–water partition coefficient (Wildman–Crippen LogP) is 1.70. The van der Waals surface area contributed by atoms with Crippen molar-refractivity contribution in [2.24, 2.45) is 7.05 Å². The fourth-order valence-corrected chi connectivity index (χ4v) is 3.86. The quantitative estimate of drug-likeness (QED) is 0.896. The van der Waals surface area contributed by atoms with E-state index in [2.05, 4.69) is 31.0 Å². The average Bonchev–Trinajstić information content (AvgIpc) is 2.69. The van der Waals surface area contributed by atoms with Crippen LogP contribution in [-0.4, -0.2) is 30.5 Å². The summed E-state index contributed by atoms with van der Waals surface area (Å²) >= 11 is 3.07. The van der Waals surface area contributed by atoms with Gasteiger partial charge in [-0.3, -0.25) is 4.72 Å². The van der Waals surface area contributed by atoms with Gasteiger partial charge >= 0.3 is 0 Å². The lowest BCUT2D eigenvalue weighted by Gasteiger charge is -2.12. The molecule has 9 heteroatoms. The third-order valence-corrected chi connectivity index (χ3v) is 4.84. The highest BCUT2D eigenvalue weighted by Crippen LogP contribution is 2.29. The van der Waals surface area contributed by atoms with Crippen molar-refractivity contribution < 1.29 is 13.2 Å². The number of halogens is 1. The highest BCUT2D eigenvalue weighted by atomic mass is 79.9. The van der Waals surface area contributed by atoms with E-state index in [-0.39, 0.29) is 9.63 Å². The zero-order chi connectivity index (χ0) is 14.9. The maximum atomic E-state index is 12.4. The first-order valence-corrected chi connectivity index (χ1v) is 7.85. The molecule has 0 aliphatic heterocycles. The van der Waals surface area contributed by atoms with Crippen molar-refractivity contribution in [3.05, 3.63) is 28.4 Å². The molecule has 2 aromatic rings. The lowest BCUT2D eigenvalue weighted by molar-refractivity contribution is 0.416. The van der Waals surface area contributed by atoms with Crippen molar-refractivity contribution in [1.82, 2.24) is 15.0 Å². The van der Waals surface area contributed by atoms with Crippen molar-refractivity contribution in [3.8, 4) is 5.75 Å². The van der Waals surface area contributed by atoms with Crippen molar-refractivity contribution in [3.63, 3.8) is 0 Å². The molecule has 1 heterocycles. The SMILES string of the molecule is COc1ccc(C)cc1NS(=O)(=O)c1c(Br)nnn1C. The minimum atomic E-state index is -3.82. The second-order valence-corrected chi connectivity index (χ2v) is 6.47. The maximum absolute atomic E-state index is 12.4. The number of ether oxygens (including phenoxy) is 1. The van der Waals surface area contributed by atoms with E-state index in [0.717, 1.165) is 5.56 Å². The highest BCUT2D eigenvalue weighted by molar-refractivity contribution is 9.10. The lowest BCUT2D eigenvalue weighted by atomic mass is 10.2. The summed E-state index contributed by atoms with van der Waals surface area (Å²) in [7, 11) is -0.844. The topological polar surface area (TPSA) is 86.1 Å². The second-order valence-electron chi connectivity index (χ2n) is 4.12. The first-order chi connectivity index (χ1) is 9.35. The molecule has 7 nitrogen and oxygen atoms in total. The van der Waals surface area contributed by atoms with Crippen LogP contribution >= 0.6 is 15.9 Å². The van der Waals surface area contributed by atoms with Crippen LogP contribution in [0.1, 0.15) is 5.56 Å². The predicted molar refractivity (Wildman–Crippen MR) is 77.2 cm³/mol. The van der Waals surface area contributed by atoms with Gasteiger partial charge in [-0.25, -0.2) is 4.68 Å². The molecule has 1 N–H and O–H groups in total. The molecule has 108 valence electrons. The summed E-state index contributed by atoms with van der Waals surface area (Å²) in [5.41, 5.74) is 1.27. The number of nitrogens with one attached hydrogen (secondary N) is 1. The molecular formula is C11H13BrN4O3S. The van der Waals surface area contributed by atoms with Crippen LogP contribution in [0.15, 0.2) is 27.8 Å². The van der Waals surface area contributed by atoms with Gasteiger partial charge in [0.25, 0.3) is 10.0 Å². The fourth-order valence-electron chi connectivity index (χ4n) is 1.70. The van der Waals surface area contributed by atoms with Crippen LogP contribution in [0.5, 0.6) is 5.75 Å². The third-order valence-electron chi connectivity index (χ3n) is 2.59. The Hall–Kier alpha value is -1.61. The summed E-state index contributed by atoms with van der Waals surface area (Å²) in [5.74, 6) is 0.436. The van der Waals surface area contributed by atoms with Gasteiger partial charge in [-0.2, -0.15) is 8.42 Å². The zero-order valence-corrected chi connectivity index (χ0v) is 13.5. The summed E-state index contributed by atoms with van der Waals surface area (Å²) in [5, 5.41) is 7.26. The highest BCUT2D eigenvalue weighted by Gasteiger charge is 2.25. The Morgan fingerprint density at radius 3 is 2.65 bits per heavy atom. The maximum Gasteiger partial charge on any atom is 0.282 e. The summed E-state index contributed by atoms with van der Waals surface area (Å²) < 4.78 is 33.7. The Balaban J connectivity index is 2.46. The smallest absolute Gasteiger partial charge is 0.282 e. The van der Waals surface area contributed by atoms with Crippen LogP contribution in [0.3, 0.4) is 0 Å². The van der Waals surface area contributed by atoms with Crippen molar-refractivity contribution in [2.45, 2.75) is 11.9 Å². The Bertz CT molecular complexity index is 723. The number of hydrogen-bond acceptors (Lipinski definition) is 5. The number of benzene rings is 1. The van der Waals surface area contributed by atoms with E-state index in [1.54, 1.807) is 12.1 Å². The Morgan fingerprint density at radius 1 is 1.40 bits per heavy atom. The molecule has 0 radical (unpaired) electrons. The standard InChI is InChI=1S/C11H13BrN4O3S/c1-7-4-5-9(19-3)8(6-7)14-20(17,18)11-10(12)13-15-16(11)2/h4-6,14H,1-3H3. The molecule has 20 heavy (non-hydrogen) atoms. The molecule has 0 fully saturated rings. The molecule has 0 bridgehead atoms. The number of hydrogen-bond donors (Lipinski definition) is 1. The molecule has 0 saturated heterocycles. The number of aryl methyl sites for hydroxylation is 2. The van der Waals surface area contributed by atoms with E-state index in [0.29, 0.717) is 11.4 Å². The summed E-state index contributed by atoms with van der Waals surface area (Å²) in [6.45, 7) is 1.86. The molecule has 0 unspecified atom stereocenters. The van der Waals surface area contributed by atoms with Gasteiger partial charge < -0.3 is 4.74 Å². The lowest BCUT2D eigenvalue weighted by Crippen LogP contribution is -2.17. The average molecular weight is 361 g/mol. The second kappa shape index (κ2) is 5.41. The van der Waals surface area contributed by atoms with Gasteiger partial charge in [0.15, 0.2) is 4.60 Å². The van der Waals surface area contributed by atoms with E-state index in [1.165, 1.54) is 18.8 Å². The van der Waals surface area contributed by atoms with E-state index >= 15 is 0 Å². The van der Waals surface area contributed by atoms with Crippen LogP contribution in [0.2, 0.25) is 0 Å². The van der Waals surface area contributed by atoms with E-state index in [9.17, 15) is 8.42 Å². The van der Waals surface area contributed by atoms with E-state index in [1.807, 2.05) is 13.0 Å². The summed E-state index contributed by atoms with van der Waals surface area (Å²) in [6.07, 6.45) is 0. The van der Waals surface area contributed by atoms with Crippen LogP contribution in [0, 0.1) is 6.92 Å². The van der Waals surface area contributed by atoms with Crippen LogP contribution in [0.25, 0.3) is 0 Å². The molecule has 0 atom stereocenters. The molecule has 1 aromatic carbocycles. The van der Waals surface area contributed by atoms with Crippen molar-refractivity contribution >= 4 is 31.6 Å². The Kier molecular flexibility index (Phi) is 4.00. The van der Waals surface area contributed by atoms with E-state index in [4.69, 9.17) is 4.74 Å². The van der Waals surface area contributed by atoms with Gasteiger partial charge in [0.1, 0.15) is 5.75 Å². The fraction of sp³-hybridized carbons (Fsp3) is 0.273. The van der Waals surface area contributed by atoms with Crippen molar-refractivity contribution in [2.75, 3.05) is 11.8 Å². The van der Waals surface area contributed by atoms with Crippen molar-refractivity contribution in [1.29, 1.82) is 0 Å². The van der Waals surface area contributed by atoms with Gasteiger partial charge in [0.05, 0.1) is 12.8 Å². The molecule has 0 aliphatic carbocycles. The third kappa shape index (κ3) is 2.78. The van der Waals surface area contributed by atoms with Crippen LogP contribution < -0.4 is 9.46 Å². The Morgan fingerprint density at radius 2 is 2.10 bits per heavy atom. The first-order valence-electron chi connectivity index (χ1n) is 5.58. The van der Waals surface area contributed by atoms with Gasteiger partial charge in [-0.15, -0.1) is 5.10 Å². The van der Waals surface area contributed by atoms with Crippen LogP contribution in [-0.2, 0) is 17.1 Å². The Labute approximate surface area is 125 Å². The number of rotatable bonds is 4. The summed E-state index contributed by atoms with van der Waals surface area (Å²) in [4.78, 5) is 0. The number of anilines is 1. The number of methoxy groups -OCH3 is 1. The molecule has 0 amide bonds. The molecular weight excluding hydrogens is 348 g/mol. The van der Waals surface area contributed by atoms with Gasteiger partial charge in [0, 0.05) is 7.05 Å². The monoisotopic (exact) mass is 360 g/mol. The largest absolute Gasteiger partial charge is 0.495 e. The normalized spacial score (nSPS) is 11.4. The first kappa shape index (κ1) is 14.8. The minimum Gasteiger partial charge on any atom is -0.495 e. The van der Waals surface area contributed by atoms with Crippen LogP contribution in [0.4, 0.5) is 5.69 Å². The zero-order valence-electron chi connectivity index (χ0n) is 11.1. The molecule has 0 saturated carbocycles. The van der Waals surface area contributed by atoms with Gasteiger partial charge in [0.2, 0.25) is 5.03 Å². The number of sulfonamides is 1. The number of aromatic nitrogens is 3. The molecule has 0 aliphatic rings. The van der Waals surface area contributed by atoms with Gasteiger partial charge in [-0.05, 0) is 40.5 Å². The molecule has 0 spiro atoms. The molecule has 2 rings (SSSR count). The summed E-state index contributed by atoms with van der Waals surface area (Å²) in [6, 6.07) is 5.22. The van der Waals surface area contributed by atoms with E-state index < -0.39 is 10.0 Å². The number of nitrogens with zero attached hydrogens (tertiary/aromatic N) is 3. The molecule has 1 aromatic heterocycles. The van der Waals surface area contributed by atoms with Gasteiger partial charge in [-0.1, -0.05) is 11.3 Å². The minimum absolute atomic E-state index is 0.0546.